The van der Waals surface area contributed by atoms with Crippen LogP contribution in [0.1, 0.15) is 36.6 Å². The number of ether oxygens (including phenoxy) is 2. The van der Waals surface area contributed by atoms with Gasteiger partial charge >= 0.3 is 0 Å². The second kappa shape index (κ2) is 14.3. The fourth-order valence-corrected chi connectivity index (χ4v) is 6.34. The molecule has 0 saturated carbocycles. The van der Waals surface area contributed by atoms with Crippen LogP contribution in [0.15, 0.2) is 113 Å². The normalized spacial score (nSPS) is 14.0. The van der Waals surface area contributed by atoms with Gasteiger partial charge in [-0.2, -0.15) is 4.98 Å². The van der Waals surface area contributed by atoms with Gasteiger partial charge in [0.15, 0.2) is 11.5 Å². The highest BCUT2D eigenvalue weighted by atomic mass is 35.5. The quantitative estimate of drug-likeness (QED) is 0.136. The maximum atomic E-state index is 13.9. The number of anilines is 2. The summed E-state index contributed by atoms with van der Waals surface area (Å²) in [6.07, 6.45) is 0. The number of allylic oxidation sites excluding steroid dienone is 1. The molecular formula is C35H31Cl2N5O3S. The van der Waals surface area contributed by atoms with Crippen LogP contribution >= 0.6 is 35.0 Å². The van der Waals surface area contributed by atoms with Crippen LogP contribution in [0.2, 0.25) is 10.0 Å². The molecule has 2 heterocycles. The Morgan fingerprint density at radius 3 is 2.48 bits per heavy atom. The lowest BCUT2D eigenvalue weighted by Crippen LogP contribution is -2.31. The van der Waals surface area contributed by atoms with E-state index in [1.54, 1.807) is 4.68 Å². The molecule has 5 aromatic rings. The van der Waals surface area contributed by atoms with Gasteiger partial charge in [-0.25, -0.2) is 4.68 Å². The maximum Gasteiger partial charge on any atom is 0.255 e. The number of benzene rings is 4. The Morgan fingerprint density at radius 1 is 0.957 bits per heavy atom. The molecule has 0 bridgehead atoms. The van der Waals surface area contributed by atoms with E-state index in [0.717, 1.165) is 16.7 Å². The van der Waals surface area contributed by atoms with Crippen molar-refractivity contribution in [3.05, 3.63) is 135 Å². The molecule has 1 amide bonds. The predicted octanol–water partition coefficient (Wildman–Crippen LogP) is 8.78. The summed E-state index contributed by atoms with van der Waals surface area (Å²) in [7, 11) is 0. The number of hydrogen-bond acceptors (Lipinski definition) is 7. The second-order valence-electron chi connectivity index (χ2n) is 10.5. The number of carbonyl (C=O) groups is 1. The minimum Gasteiger partial charge on any atom is -0.490 e. The Bertz CT molecular complexity index is 1880. The molecule has 0 radical (unpaired) electrons. The zero-order valence-corrected chi connectivity index (χ0v) is 27.5. The van der Waals surface area contributed by atoms with Crippen molar-refractivity contribution in [1.29, 1.82) is 0 Å². The van der Waals surface area contributed by atoms with Gasteiger partial charge in [0.1, 0.15) is 12.6 Å². The smallest absolute Gasteiger partial charge is 0.255 e. The number of halogens is 2. The van der Waals surface area contributed by atoms with Crippen LogP contribution in [0.4, 0.5) is 11.6 Å². The lowest BCUT2D eigenvalue weighted by molar-refractivity contribution is -0.113. The minimum absolute atomic E-state index is 0.256. The Labute approximate surface area is 281 Å². The van der Waals surface area contributed by atoms with Gasteiger partial charge in [-0.1, -0.05) is 89.6 Å². The third-order valence-electron chi connectivity index (χ3n) is 7.31. The van der Waals surface area contributed by atoms with Crippen LogP contribution in [-0.4, -0.2) is 27.3 Å². The number of nitrogens with zero attached hydrogens (tertiary/aromatic N) is 3. The molecule has 6 rings (SSSR count). The average molecular weight is 673 g/mol. The third-order valence-corrected chi connectivity index (χ3v) is 8.82. The summed E-state index contributed by atoms with van der Waals surface area (Å²) >= 11 is 13.9. The number of thioether (sulfide) groups is 1. The molecule has 0 fully saturated rings. The monoisotopic (exact) mass is 671 g/mol. The van der Waals surface area contributed by atoms with Crippen molar-refractivity contribution < 1.29 is 14.3 Å². The fourth-order valence-electron chi connectivity index (χ4n) is 5.10. The Morgan fingerprint density at radius 2 is 1.72 bits per heavy atom. The second-order valence-corrected chi connectivity index (χ2v) is 12.3. The number of nitrogens with one attached hydrogen (secondary N) is 2. The van der Waals surface area contributed by atoms with Crippen LogP contribution in [0, 0.1) is 0 Å². The summed E-state index contributed by atoms with van der Waals surface area (Å²) in [5, 5.41) is 13.1. The number of amides is 1. The van der Waals surface area contributed by atoms with Crippen molar-refractivity contribution in [1.82, 2.24) is 14.8 Å². The molecule has 1 aliphatic rings. The molecule has 8 nitrogen and oxygen atoms in total. The Hall–Kier alpha value is -4.44. The van der Waals surface area contributed by atoms with Gasteiger partial charge in [-0.05, 0) is 73.0 Å². The molecule has 0 saturated heterocycles. The van der Waals surface area contributed by atoms with Gasteiger partial charge in [0.05, 0.1) is 12.2 Å². The number of fused-ring (bicyclic) bond motifs is 1. The summed E-state index contributed by atoms with van der Waals surface area (Å²) in [6.45, 7) is 4.56. The van der Waals surface area contributed by atoms with E-state index in [0.29, 0.717) is 68.6 Å². The first kappa shape index (κ1) is 31.5. The van der Waals surface area contributed by atoms with E-state index < -0.39 is 6.04 Å². The zero-order valence-electron chi connectivity index (χ0n) is 25.2. The number of carbonyl (C=O) groups excluding carboxylic acids is 1. The van der Waals surface area contributed by atoms with Crippen molar-refractivity contribution in [2.24, 2.45) is 0 Å². The first-order valence-corrected chi connectivity index (χ1v) is 16.4. The average Bonchev–Trinajstić information content (AvgIpc) is 3.46. The standard InChI is InChI=1S/C35H31Cl2N5O3S/c1-3-44-30-19-24(15-18-29(30)45-20-23-13-16-26(36)17-14-23)32-31(33(43)39-27-10-5-4-6-11-27)22(2)38-34-40-35(41-42(32)34)46-21-25-9-7-8-12-28(25)37/h4-19,32H,3,20-21H2,1-2H3,(H,39,43)(H,38,40,41). The number of para-hydroxylation sites is 1. The lowest BCUT2D eigenvalue weighted by atomic mass is 9.94. The van der Waals surface area contributed by atoms with E-state index in [9.17, 15) is 4.79 Å². The van der Waals surface area contributed by atoms with E-state index in [1.807, 2.05) is 111 Å². The van der Waals surface area contributed by atoms with Gasteiger partial charge in [-0.15, -0.1) is 5.10 Å². The van der Waals surface area contributed by atoms with Crippen LogP contribution < -0.4 is 20.1 Å². The van der Waals surface area contributed by atoms with E-state index in [-0.39, 0.29) is 5.91 Å². The molecule has 1 aliphatic heterocycles. The van der Waals surface area contributed by atoms with Crippen molar-refractivity contribution in [3.63, 3.8) is 0 Å². The summed E-state index contributed by atoms with van der Waals surface area (Å²) in [5.41, 5.74) is 4.60. The largest absolute Gasteiger partial charge is 0.490 e. The molecule has 2 N–H and O–H groups in total. The maximum absolute atomic E-state index is 13.9. The predicted molar refractivity (Wildman–Crippen MR) is 184 cm³/mol. The fraction of sp³-hybridized carbons (Fsp3) is 0.171. The molecule has 1 aromatic heterocycles. The first-order chi connectivity index (χ1) is 22.4. The topological polar surface area (TPSA) is 90.3 Å². The van der Waals surface area contributed by atoms with E-state index in [2.05, 4.69) is 10.6 Å². The van der Waals surface area contributed by atoms with Crippen molar-refractivity contribution in [2.45, 2.75) is 37.4 Å². The molecule has 0 aliphatic carbocycles. The number of aromatic nitrogens is 3. The van der Waals surface area contributed by atoms with Crippen LogP contribution in [0.25, 0.3) is 0 Å². The van der Waals surface area contributed by atoms with Gasteiger partial charge in [0.2, 0.25) is 11.1 Å². The number of hydrogen-bond donors (Lipinski definition) is 2. The molecular weight excluding hydrogens is 641 g/mol. The van der Waals surface area contributed by atoms with Crippen molar-refractivity contribution in [3.8, 4) is 11.5 Å². The van der Waals surface area contributed by atoms with E-state index >= 15 is 0 Å². The third kappa shape index (κ3) is 7.17. The molecule has 1 atom stereocenters. The van der Waals surface area contributed by atoms with Gasteiger partial charge in [-0.3, -0.25) is 4.79 Å². The summed E-state index contributed by atoms with van der Waals surface area (Å²) in [4.78, 5) is 18.7. The molecule has 11 heteroatoms. The number of rotatable bonds is 11. The summed E-state index contributed by atoms with van der Waals surface area (Å²) < 4.78 is 14.0. The molecule has 0 spiro atoms. The highest BCUT2D eigenvalue weighted by Crippen LogP contribution is 2.40. The van der Waals surface area contributed by atoms with E-state index in [1.165, 1.54) is 11.8 Å². The Balaban J connectivity index is 1.35. The van der Waals surface area contributed by atoms with Crippen molar-refractivity contribution in [2.75, 3.05) is 17.2 Å². The Kier molecular flexibility index (Phi) is 9.82. The molecule has 46 heavy (non-hydrogen) atoms. The van der Waals surface area contributed by atoms with Crippen LogP contribution in [-0.2, 0) is 17.2 Å². The van der Waals surface area contributed by atoms with Gasteiger partial charge in [0.25, 0.3) is 5.91 Å². The van der Waals surface area contributed by atoms with E-state index in [4.69, 9.17) is 42.8 Å². The highest BCUT2D eigenvalue weighted by molar-refractivity contribution is 7.98. The summed E-state index contributed by atoms with van der Waals surface area (Å²) in [6, 6.07) is 29.7. The lowest BCUT2D eigenvalue weighted by Gasteiger charge is -2.29. The molecule has 1 unspecified atom stereocenters. The van der Waals surface area contributed by atoms with Crippen LogP contribution in [0.5, 0.6) is 11.5 Å². The SMILES string of the molecule is CCOc1cc(C2C(C(=O)Nc3ccccc3)=C(C)Nc3nc(SCc4ccccc4Cl)nn32)ccc1OCc1ccc(Cl)cc1. The molecule has 234 valence electrons. The van der Waals surface area contributed by atoms with Crippen LogP contribution in [0.3, 0.4) is 0 Å². The highest BCUT2D eigenvalue weighted by Gasteiger charge is 2.35. The summed E-state index contributed by atoms with van der Waals surface area (Å²) in [5.74, 6) is 2.01. The first-order valence-electron chi connectivity index (χ1n) is 14.7. The zero-order chi connectivity index (χ0) is 32.0. The van der Waals surface area contributed by atoms with Gasteiger partial charge in [0, 0.05) is 27.2 Å². The molecule has 4 aromatic carbocycles. The van der Waals surface area contributed by atoms with Gasteiger partial charge < -0.3 is 20.1 Å². The minimum atomic E-state index is -0.605. The van der Waals surface area contributed by atoms with Crippen molar-refractivity contribution >= 4 is 52.5 Å².